The first-order valence-corrected chi connectivity index (χ1v) is 5.65. The van der Waals surface area contributed by atoms with E-state index in [1.807, 2.05) is 6.08 Å². The molecule has 1 aliphatic carbocycles. The van der Waals surface area contributed by atoms with Crippen molar-refractivity contribution in [3.63, 3.8) is 0 Å². The Morgan fingerprint density at radius 1 is 1.00 bits per heavy atom. The van der Waals surface area contributed by atoms with E-state index in [4.69, 9.17) is 28.0 Å². The fourth-order valence-corrected chi connectivity index (χ4v) is 2.17. The molecular weight excluding hydrogens is 316 g/mol. The van der Waals surface area contributed by atoms with Gasteiger partial charge in [0.05, 0.1) is 0 Å². The molecule has 1 saturated carbocycles. The van der Waals surface area contributed by atoms with Crippen molar-refractivity contribution in [1.29, 1.82) is 0 Å². The second-order valence-electron chi connectivity index (χ2n) is 2.96. The van der Waals surface area contributed by atoms with Gasteiger partial charge in [-0.2, -0.15) is 0 Å². The number of methoxy groups -OCH3 is 1. The first-order chi connectivity index (χ1) is 10.3. The molecule has 0 aromatic rings. The minimum absolute atomic E-state index is 0.581. The number of hydrogen-bond acceptors (Lipinski definition) is 1. The van der Waals surface area contributed by atoms with Crippen molar-refractivity contribution in [3.05, 3.63) is 45.9 Å². The van der Waals surface area contributed by atoms with E-state index in [-0.39, 0.29) is 0 Å². The van der Waals surface area contributed by atoms with Gasteiger partial charge in [0.1, 0.15) is 0 Å². The minimum atomic E-state index is 0.581. The normalized spacial score (nSPS) is 16.3. The van der Waals surface area contributed by atoms with Crippen LogP contribution < -0.4 is 0 Å². The molecule has 0 amide bonds. The van der Waals surface area contributed by atoms with Crippen molar-refractivity contribution >= 4 is 4.57 Å². The van der Waals surface area contributed by atoms with Crippen LogP contribution in [0.4, 0.5) is 0 Å². The Bertz CT molecular complexity index is 305. The Hall–Kier alpha value is -1.20. The Kier molecular flexibility index (Phi) is 55.3. The van der Waals surface area contributed by atoms with Crippen LogP contribution in [0.3, 0.4) is 0 Å². The first kappa shape index (κ1) is 32.0. The number of allylic oxidation sites excluding steroid dienone is 1. The van der Waals surface area contributed by atoms with Gasteiger partial charge < -0.3 is 0 Å². The van der Waals surface area contributed by atoms with Crippen LogP contribution in [0, 0.1) is 45.1 Å². The van der Waals surface area contributed by atoms with E-state index in [1.54, 1.807) is 7.11 Å². The molecule has 0 aromatic heterocycles. The predicted octanol–water partition coefficient (Wildman–Crippen LogP) is 1.72. The van der Waals surface area contributed by atoms with E-state index < -0.39 is 0 Å². The molecule has 0 bridgehead atoms. The Morgan fingerprint density at radius 3 is 1.67 bits per heavy atom. The maximum absolute atomic E-state index is 7.50. The van der Waals surface area contributed by atoms with Gasteiger partial charge in [-0.25, -0.2) is 0 Å². The Labute approximate surface area is 133 Å². The molecule has 0 saturated heterocycles. The summed E-state index contributed by atoms with van der Waals surface area (Å²) in [5, 5.41) is 0. The third-order valence-corrected chi connectivity index (χ3v) is 3.11. The topological polar surface area (TPSA) is 109 Å². The van der Waals surface area contributed by atoms with E-state index >= 15 is 0 Å². The standard InChI is InChI=1S/C9H14O.5CO.Cr/c1-3-8-5-4-6-9(8)7-10-2;5*1-2;/h3,8-9H,1,4-6H2,2H3;;;;;;/t8-,9+;;;;;;/m1....../s1. The van der Waals surface area contributed by atoms with Gasteiger partial charge in [0.25, 0.3) is 0 Å². The van der Waals surface area contributed by atoms with Gasteiger partial charge in [-0.3, -0.25) is 0 Å². The maximum atomic E-state index is 7.50. The van der Waals surface area contributed by atoms with Crippen LogP contribution in [0.25, 0.3) is 0 Å². The third kappa shape index (κ3) is 18.8. The summed E-state index contributed by atoms with van der Waals surface area (Å²) in [7, 11) is 1.73. The van der Waals surface area contributed by atoms with Gasteiger partial charge in [0, 0.05) is 0 Å². The summed E-state index contributed by atoms with van der Waals surface area (Å²) in [6.45, 7) is 26.3. The molecule has 7 heteroatoms. The molecule has 2 atom stereocenters. The van der Waals surface area contributed by atoms with Crippen LogP contribution in [0.1, 0.15) is 19.3 Å². The summed E-state index contributed by atoms with van der Waals surface area (Å²) in [4.78, 5) is 0. The zero-order valence-electron chi connectivity index (χ0n) is 11.4. The van der Waals surface area contributed by atoms with Crippen LogP contribution in [-0.2, 0) is 43.8 Å². The molecular formula is C14H14CrO6. The quantitative estimate of drug-likeness (QED) is 0.438. The molecule has 1 fully saturated rings. The van der Waals surface area contributed by atoms with Crippen molar-refractivity contribution < 1.29 is 43.8 Å². The van der Waals surface area contributed by atoms with Crippen LogP contribution >= 0.6 is 0 Å². The second kappa shape index (κ2) is 36.4. The average molecular weight is 330 g/mol. The molecule has 112 valence electrons. The van der Waals surface area contributed by atoms with Crippen molar-refractivity contribution in [3.8, 4) is 0 Å². The van der Waals surface area contributed by atoms with Gasteiger partial charge in [-0.1, -0.05) is 0 Å². The molecule has 0 aliphatic heterocycles. The van der Waals surface area contributed by atoms with Crippen molar-refractivity contribution in [2.45, 2.75) is 19.3 Å². The van der Waals surface area contributed by atoms with Crippen molar-refractivity contribution in [2.75, 3.05) is 7.11 Å². The molecule has 6 nitrogen and oxygen atoms in total. The van der Waals surface area contributed by atoms with E-state index in [9.17, 15) is 0 Å². The van der Waals surface area contributed by atoms with E-state index in [0.717, 1.165) is 4.57 Å². The van der Waals surface area contributed by atoms with Gasteiger partial charge in [0.15, 0.2) is 0 Å². The number of ether oxygens (including phenoxy) is 1. The Balaban J connectivity index is -0.0000000727. The summed E-state index contributed by atoms with van der Waals surface area (Å²) < 4.78 is 43.7. The molecule has 0 N–H and O–H groups in total. The van der Waals surface area contributed by atoms with Crippen LogP contribution in [0.2, 0.25) is 0 Å². The monoisotopic (exact) mass is 330 g/mol. The van der Waals surface area contributed by atoms with Crippen molar-refractivity contribution in [1.82, 2.24) is 0 Å². The predicted molar refractivity (Wildman–Crippen MR) is 62.7 cm³/mol. The van der Waals surface area contributed by atoms with Gasteiger partial charge >= 0.3 is 133 Å². The third-order valence-electron chi connectivity index (χ3n) is 2.38. The molecule has 0 spiro atoms. The number of hydrogen-bond donors (Lipinski definition) is 0. The molecule has 0 aromatic carbocycles. The summed E-state index contributed by atoms with van der Waals surface area (Å²) in [6.07, 6.45) is 5.86. The summed E-state index contributed by atoms with van der Waals surface area (Å²) >= 11 is 2.98. The molecule has 1 rings (SSSR count). The summed E-state index contributed by atoms with van der Waals surface area (Å²) in [6, 6.07) is 0. The van der Waals surface area contributed by atoms with E-state index in [0.29, 0.717) is 11.8 Å². The van der Waals surface area contributed by atoms with Crippen molar-refractivity contribution in [2.24, 2.45) is 11.8 Å². The summed E-state index contributed by atoms with van der Waals surface area (Å²) in [5.41, 5.74) is 0. The average Bonchev–Trinajstić information content (AvgIpc) is 3.11. The SMILES string of the molecule is C=C[C@@H]1CCC[C@H]1[C](=[Cr])OC.[C-]#[O+].[C-]#[O+].[C-]#[O+].[C-]#[O+].[C-]#[O+]. The molecule has 1 aliphatic rings. The van der Waals surface area contributed by atoms with Crippen LogP contribution in [0.5, 0.6) is 0 Å². The molecule has 0 heterocycles. The second-order valence-corrected chi connectivity index (χ2v) is 3.59. The van der Waals surface area contributed by atoms with Gasteiger partial charge in [0.2, 0.25) is 0 Å². The number of rotatable bonds is 3. The van der Waals surface area contributed by atoms with E-state index in [2.05, 4.69) is 55.7 Å². The molecule has 0 radical (unpaired) electrons. The zero-order valence-corrected chi connectivity index (χ0v) is 12.7. The van der Waals surface area contributed by atoms with Gasteiger partial charge in [-0.15, -0.1) is 0 Å². The molecule has 0 unspecified atom stereocenters. The summed E-state index contributed by atoms with van der Waals surface area (Å²) in [5.74, 6) is 1.21. The van der Waals surface area contributed by atoms with Crippen LogP contribution in [0.15, 0.2) is 12.7 Å². The van der Waals surface area contributed by atoms with Crippen LogP contribution in [-0.4, -0.2) is 11.7 Å². The first-order valence-electron chi connectivity index (χ1n) is 5.02. The zero-order chi connectivity index (χ0) is 18.3. The fourth-order valence-electron chi connectivity index (χ4n) is 1.71. The molecule has 21 heavy (non-hydrogen) atoms. The van der Waals surface area contributed by atoms with Gasteiger partial charge in [-0.05, 0) is 0 Å². The Morgan fingerprint density at radius 2 is 1.38 bits per heavy atom. The van der Waals surface area contributed by atoms with E-state index in [1.165, 1.54) is 19.3 Å². The fraction of sp³-hybridized carbons (Fsp3) is 0.429.